The maximum absolute atomic E-state index is 13.0. The summed E-state index contributed by atoms with van der Waals surface area (Å²) in [6.07, 6.45) is 0. The molecule has 0 atom stereocenters. The van der Waals surface area contributed by atoms with Gasteiger partial charge in [0.05, 0.1) is 5.69 Å². The summed E-state index contributed by atoms with van der Waals surface area (Å²) in [6, 6.07) is 11.3. The van der Waals surface area contributed by atoms with Crippen LogP contribution >= 0.6 is 11.6 Å². The Morgan fingerprint density at radius 3 is 2.53 bits per heavy atom. The first-order valence-corrected chi connectivity index (χ1v) is 5.45. The smallest absolute Gasteiger partial charge is 0.145 e. The molecule has 0 unspecified atom stereocenters. The molecule has 2 N–H and O–H groups in total. The third kappa shape index (κ3) is 3.11. The lowest BCUT2D eigenvalue weighted by Gasteiger charge is -2.08. The Morgan fingerprint density at radius 1 is 1.12 bits per heavy atom. The fourth-order valence-corrected chi connectivity index (χ4v) is 1.50. The highest BCUT2D eigenvalue weighted by atomic mass is 35.5. The zero-order valence-electron chi connectivity index (χ0n) is 8.99. The Labute approximate surface area is 104 Å². The molecule has 0 radical (unpaired) electrons. The Kier molecular flexibility index (Phi) is 3.49. The topological polar surface area (TPSA) is 35.2 Å². The highest BCUT2D eigenvalue weighted by molar-refractivity contribution is 6.30. The van der Waals surface area contributed by atoms with Crippen molar-refractivity contribution >= 4 is 17.3 Å². The van der Waals surface area contributed by atoms with Crippen LogP contribution in [0.5, 0.6) is 5.75 Å². The van der Waals surface area contributed by atoms with Crippen LogP contribution in [0.15, 0.2) is 42.5 Å². The predicted octanol–water partition coefficient (Wildman–Crippen LogP) is 3.64. The van der Waals surface area contributed by atoms with Crippen molar-refractivity contribution in [2.45, 2.75) is 6.61 Å². The average Bonchev–Trinajstić information content (AvgIpc) is 2.32. The van der Waals surface area contributed by atoms with Gasteiger partial charge in [-0.2, -0.15) is 0 Å². The van der Waals surface area contributed by atoms with Gasteiger partial charge in [-0.05, 0) is 29.8 Å². The maximum Gasteiger partial charge on any atom is 0.145 e. The maximum atomic E-state index is 13.0. The van der Waals surface area contributed by atoms with Gasteiger partial charge in [0.25, 0.3) is 0 Å². The Morgan fingerprint density at radius 2 is 1.82 bits per heavy atom. The standard InChI is InChI=1S/C13H11ClFNO/c14-10-3-1-9(2-4-10)8-17-13-7-11(15)5-6-12(13)16/h1-7H,8,16H2. The zero-order valence-corrected chi connectivity index (χ0v) is 9.75. The number of hydrogen-bond donors (Lipinski definition) is 1. The van der Waals surface area contributed by atoms with Crippen molar-refractivity contribution in [2.24, 2.45) is 0 Å². The van der Waals surface area contributed by atoms with Crippen molar-refractivity contribution in [3.8, 4) is 5.75 Å². The van der Waals surface area contributed by atoms with E-state index in [0.29, 0.717) is 23.1 Å². The molecule has 2 nitrogen and oxygen atoms in total. The molecule has 0 aliphatic rings. The Bertz CT molecular complexity index is 513. The molecule has 88 valence electrons. The van der Waals surface area contributed by atoms with E-state index in [-0.39, 0.29) is 5.82 Å². The minimum absolute atomic E-state index is 0.324. The van der Waals surface area contributed by atoms with Gasteiger partial charge in [-0.3, -0.25) is 0 Å². The van der Waals surface area contributed by atoms with Gasteiger partial charge in [0.15, 0.2) is 0 Å². The van der Waals surface area contributed by atoms with Gasteiger partial charge in [-0.25, -0.2) is 4.39 Å². The lowest BCUT2D eigenvalue weighted by Crippen LogP contribution is -1.99. The van der Waals surface area contributed by atoms with E-state index in [0.717, 1.165) is 5.56 Å². The highest BCUT2D eigenvalue weighted by Crippen LogP contribution is 2.23. The summed E-state index contributed by atoms with van der Waals surface area (Å²) in [5.41, 5.74) is 7.02. The highest BCUT2D eigenvalue weighted by Gasteiger charge is 2.02. The van der Waals surface area contributed by atoms with Gasteiger partial charge in [0.1, 0.15) is 18.2 Å². The van der Waals surface area contributed by atoms with E-state index in [1.165, 1.54) is 18.2 Å². The largest absolute Gasteiger partial charge is 0.487 e. The van der Waals surface area contributed by atoms with Crippen LogP contribution in [0.25, 0.3) is 0 Å². The van der Waals surface area contributed by atoms with Gasteiger partial charge in [-0.1, -0.05) is 23.7 Å². The second kappa shape index (κ2) is 5.06. The molecule has 0 aliphatic carbocycles. The second-order valence-electron chi connectivity index (χ2n) is 3.60. The normalized spacial score (nSPS) is 10.2. The van der Waals surface area contributed by atoms with Crippen LogP contribution in [0.3, 0.4) is 0 Å². The molecule has 0 spiro atoms. The summed E-state index contributed by atoms with van der Waals surface area (Å²) in [5, 5.41) is 0.666. The van der Waals surface area contributed by atoms with Crippen LogP contribution in [0, 0.1) is 5.82 Å². The van der Waals surface area contributed by atoms with Crippen LogP contribution in [0.2, 0.25) is 5.02 Å². The minimum atomic E-state index is -0.370. The first kappa shape index (κ1) is 11.7. The van der Waals surface area contributed by atoms with Gasteiger partial charge in [0.2, 0.25) is 0 Å². The molecule has 0 aromatic heterocycles. The van der Waals surface area contributed by atoms with E-state index < -0.39 is 0 Å². The molecule has 0 heterocycles. The molecule has 2 aromatic carbocycles. The number of nitrogen functional groups attached to an aromatic ring is 1. The number of nitrogens with two attached hydrogens (primary N) is 1. The molecule has 0 amide bonds. The van der Waals surface area contributed by atoms with E-state index in [1.54, 1.807) is 12.1 Å². The summed E-state index contributed by atoms with van der Waals surface area (Å²) < 4.78 is 18.4. The first-order valence-electron chi connectivity index (χ1n) is 5.07. The minimum Gasteiger partial charge on any atom is -0.487 e. The SMILES string of the molecule is Nc1ccc(F)cc1OCc1ccc(Cl)cc1. The van der Waals surface area contributed by atoms with Crippen molar-refractivity contribution in [1.29, 1.82) is 0 Å². The Balaban J connectivity index is 2.07. The molecular weight excluding hydrogens is 241 g/mol. The molecule has 0 saturated carbocycles. The van der Waals surface area contributed by atoms with Crippen molar-refractivity contribution in [2.75, 3.05) is 5.73 Å². The first-order chi connectivity index (χ1) is 8.15. The number of anilines is 1. The van der Waals surface area contributed by atoms with Crippen molar-refractivity contribution in [1.82, 2.24) is 0 Å². The van der Waals surface area contributed by atoms with Crippen LogP contribution in [0.4, 0.5) is 10.1 Å². The van der Waals surface area contributed by atoms with Crippen LogP contribution in [0.1, 0.15) is 5.56 Å². The van der Waals surface area contributed by atoms with Gasteiger partial charge in [-0.15, -0.1) is 0 Å². The summed E-state index contributed by atoms with van der Waals surface area (Å²) in [6.45, 7) is 0.324. The van der Waals surface area contributed by atoms with E-state index in [1.807, 2.05) is 12.1 Å². The molecule has 2 rings (SSSR count). The molecule has 0 fully saturated rings. The van der Waals surface area contributed by atoms with E-state index >= 15 is 0 Å². The van der Waals surface area contributed by atoms with Crippen LogP contribution < -0.4 is 10.5 Å². The molecular formula is C13H11ClFNO. The number of ether oxygens (including phenoxy) is 1. The molecule has 17 heavy (non-hydrogen) atoms. The van der Waals surface area contributed by atoms with Crippen molar-refractivity contribution in [3.63, 3.8) is 0 Å². The van der Waals surface area contributed by atoms with E-state index in [4.69, 9.17) is 22.1 Å². The summed E-state index contributed by atoms with van der Waals surface area (Å²) in [5.74, 6) is -0.0229. The van der Waals surface area contributed by atoms with Gasteiger partial charge >= 0.3 is 0 Å². The third-order valence-electron chi connectivity index (χ3n) is 2.28. The summed E-state index contributed by atoms with van der Waals surface area (Å²) >= 11 is 5.76. The lowest BCUT2D eigenvalue weighted by atomic mass is 10.2. The van der Waals surface area contributed by atoms with Gasteiger partial charge in [0, 0.05) is 11.1 Å². The Hall–Kier alpha value is -1.74. The molecule has 0 aliphatic heterocycles. The fraction of sp³-hybridized carbons (Fsp3) is 0.0769. The quantitative estimate of drug-likeness (QED) is 0.846. The van der Waals surface area contributed by atoms with Gasteiger partial charge < -0.3 is 10.5 Å². The average molecular weight is 252 g/mol. The monoisotopic (exact) mass is 251 g/mol. The lowest BCUT2D eigenvalue weighted by molar-refractivity contribution is 0.306. The summed E-state index contributed by atoms with van der Waals surface area (Å²) in [7, 11) is 0. The number of hydrogen-bond acceptors (Lipinski definition) is 2. The fourth-order valence-electron chi connectivity index (χ4n) is 1.37. The summed E-state index contributed by atoms with van der Waals surface area (Å²) in [4.78, 5) is 0. The van der Waals surface area contributed by atoms with Crippen molar-refractivity contribution < 1.29 is 9.13 Å². The van der Waals surface area contributed by atoms with E-state index in [9.17, 15) is 4.39 Å². The van der Waals surface area contributed by atoms with Crippen molar-refractivity contribution in [3.05, 3.63) is 58.9 Å². The second-order valence-corrected chi connectivity index (χ2v) is 4.03. The number of halogens is 2. The molecule has 4 heteroatoms. The van der Waals surface area contributed by atoms with Crippen LogP contribution in [-0.4, -0.2) is 0 Å². The molecule has 0 bridgehead atoms. The molecule has 0 saturated heterocycles. The third-order valence-corrected chi connectivity index (χ3v) is 2.54. The van der Waals surface area contributed by atoms with E-state index in [2.05, 4.69) is 0 Å². The zero-order chi connectivity index (χ0) is 12.3. The van der Waals surface area contributed by atoms with Crippen LogP contribution in [-0.2, 0) is 6.61 Å². The number of rotatable bonds is 3. The number of benzene rings is 2. The predicted molar refractivity (Wildman–Crippen MR) is 66.6 cm³/mol. The molecule has 2 aromatic rings.